The second-order valence-corrected chi connectivity index (χ2v) is 8.01. The van der Waals surface area contributed by atoms with Crippen LogP contribution in [-0.2, 0) is 24.2 Å². The van der Waals surface area contributed by atoms with Crippen LogP contribution in [0.5, 0.6) is 0 Å². The Morgan fingerprint density at radius 2 is 2.00 bits per heavy atom. The second-order valence-electron chi connectivity index (χ2n) is 6.90. The average Bonchev–Trinajstić information content (AvgIpc) is 2.80. The number of nitrogens with one attached hydrogen (secondary N) is 1. The lowest BCUT2D eigenvalue weighted by atomic mass is 10.1. The van der Waals surface area contributed by atoms with Crippen LogP contribution in [0.4, 0.5) is 5.00 Å². The van der Waals surface area contributed by atoms with Crippen molar-refractivity contribution in [3.05, 3.63) is 51.9 Å². The first-order chi connectivity index (χ1) is 12.7. The van der Waals surface area contributed by atoms with Crippen molar-refractivity contribution >= 4 is 22.2 Å². The lowest BCUT2D eigenvalue weighted by Gasteiger charge is -2.16. The molecule has 4 nitrogen and oxygen atoms in total. The summed E-state index contributed by atoms with van der Waals surface area (Å²) in [6.07, 6.45) is 5.96. The maximum atomic E-state index is 12.4. The smallest absolute Gasteiger partial charge is 0.226 e. The van der Waals surface area contributed by atoms with Crippen molar-refractivity contribution in [1.29, 1.82) is 5.26 Å². The van der Waals surface area contributed by atoms with Gasteiger partial charge in [0.05, 0.1) is 5.56 Å². The number of thiophene rings is 1. The van der Waals surface area contributed by atoms with E-state index in [1.807, 2.05) is 25.2 Å². The van der Waals surface area contributed by atoms with Gasteiger partial charge in [-0.15, -0.1) is 11.3 Å². The molecule has 3 rings (SSSR count). The highest BCUT2D eigenvalue weighted by molar-refractivity contribution is 7.16. The molecule has 136 valence electrons. The van der Waals surface area contributed by atoms with Gasteiger partial charge in [-0.05, 0) is 43.9 Å². The topological polar surface area (TPSA) is 56.1 Å². The fraction of sp³-hybridized carbons (Fsp3) is 0.429. The molecule has 1 amide bonds. The lowest BCUT2D eigenvalue weighted by molar-refractivity contribution is -0.116. The quantitative estimate of drug-likeness (QED) is 0.772. The number of hydrogen-bond donors (Lipinski definition) is 1. The van der Waals surface area contributed by atoms with Crippen LogP contribution >= 0.6 is 11.3 Å². The van der Waals surface area contributed by atoms with E-state index >= 15 is 0 Å². The van der Waals surface area contributed by atoms with Crippen molar-refractivity contribution in [2.75, 3.05) is 18.9 Å². The van der Waals surface area contributed by atoms with Crippen LogP contribution in [0.2, 0.25) is 0 Å². The van der Waals surface area contributed by atoms with E-state index < -0.39 is 0 Å². The molecule has 0 unspecified atom stereocenters. The Balaban J connectivity index is 1.56. The standard InChI is InChI=1S/C21H25N3OS/c1-24(15-16-8-4-2-5-9-16)13-12-20(25)23-21-18(14-22)17-10-6-3-7-11-19(17)26-21/h2,4-5,8-9H,3,6-7,10-13,15H2,1H3,(H,23,25). The Kier molecular flexibility index (Phi) is 6.43. The molecule has 1 heterocycles. The zero-order chi connectivity index (χ0) is 18.4. The Morgan fingerprint density at radius 3 is 2.77 bits per heavy atom. The third kappa shape index (κ3) is 4.72. The highest BCUT2D eigenvalue weighted by atomic mass is 32.1. The van der Waals surface area contributed by atoms with Gasteiger partial charge in [-0.3, -0.25) is 4.79 Å². The van der Waals surface area contributed by atoms with Crippen LogP contribution in [0.3, 0.4) is 0 Å². The van der Waals surface area contributed by atoms with Gasteiger partial charge in [0.1, 0.15) is 11.1 Å². The molecule has 0 aliphatic heterocycles. The molecule has 1 aliphatic carbocycles. The molecule has 0 bridgehead atoms. The summed E-state index contributed by atoms with van der Waals surface area (Å²) in [5.41, 5.74) is 3.11. The number of anilines is 1. The van der Waals surface area contributed by atoms with Gasteiger partial charge in [-0.25, -0.2) is 0 Å². The number of carbonyl (C=O) groups excluding carboxylic acids is 1. The largest absolute Gasteiger partial charge is 0.317 e. The van der Waals surface area contributed by atoms with Gasteiger partial charge in [-0.2, -0.15) is 5.26 Å². The fourth-order valence-electron chi connectivity index (χ4n) is 3.40. The van der Waals surface area contributed by atoms with E-state index in [2.05, 4.69) is 28.4 Å². The summed E-state index contributed by atoms with van der Waals surface area (Å²) >= 11 is 1.60. The van der Waals surface area contributed by atoms with E-state index in [1.165, 1.54) is 28.8 Å². The number of fused-ring (bicyclic) bond motifs is 1. The van der Waals surface area contributed by atoms with E-state index in [0.29, 0.717) is 18.5 Å². The summed E-state index contributed by atoms with van der Waals surface area (Å²) in [5, 5.41) is 13.3. The van der Waals surface area contributed by atoms with Gasteiger partial charge in [0.25, 0.3) is 0 Å². The molecular weight excluding hydrogens is 342 g/mol. The Bertz CT molecular complexity index is 792. The molecule has 0 saturated heterocycles. The summed E-state index contributed by atoms with van der Waals surface area (Å²) in [5.74, 6) is -0.0159. The van der Waals surface area contributed by atoms with Crippen molar-refractivity contribution in [3.8, 4) is 6.07 Å². The van der Waals surface area contributed by atoms with Gasteiger partial charge >= 0.3 is 0 Å². The van der Waals surface area contributed by atoms with Crippen molar-refractivity contribution in [2.45, 2.75) is 45.1 Å². The number of carbonyl (C=O) groups is 1. The van der Waals surface area contributed by atoms with Crippen LogP contribution in [0.25, 0.3) is 0 Å². The first-order valence-electron chi connectivity index (χ1n) is 9.24. The van der Waals surface area contributed by atoms with E-state index in [9.17, 15) is 10.1 Å². The van der Waals surface area contributed by atoms with Crippen molar-refractivity contribution in [1.82, 2.24) is 4.90 Å². The fourth-order valence-corrected chi connectivity index (χ4v) is 4.66. The maximum Gasteiger partial charge on any atom is 0.226 e. The van der Waals surface area contributed by atoms with E-state index in [1.54, 1.807) is 11.3 Å². The molecule has 0 atom stereocenters. The van der Waals surface area contributed by atoms with Crippen molar-refractivity contribution in [2.24, 2.45) is 0 Å². The number of nitrogens with zero attached hydrogens (tertiary/aromatic N) is 2. The second kappa shape index (κ2) is 8.98. The molecule has 2 aromatic rings. The number of hydrogen-bond acceptors (Lipinski definition) is 4. The van der Waals surface area contributed by atoms with Crippen LogP contribution in [0.1, 0.15) is 47.3 Å². The third-order valence-corrected chi connectivity index (χ3v) is 6.01. The average molecular weight is 368 g/mol. The van der Waals surface area contributed by atoms with Crippen LogP contribution in [-0.4, -0.2) is 24.4 Å². The minimum absolute atomic E-state index is 0.0159. The van der Waals surface area contributed by atoms with Gasteiger partial charge < -0.3 is 10.2 Å². The summed E-state index contributed by atoms with van der Waals surface area (Å²) < 4.78 is 0. The third-order valence-electron chi connectivity index (χ3n) is 4.80. The normalized spacial score (nSPS) is 13.7. The van der Waals surface area contributed by atoms with Crippen molar-refractivity contribution < 1.29 is 4.79 Å². The predicted molar refractivity (Wildman–Crippen MR) is 106 cm³/mol. The van der Waals surface area contributed by atoms with Gasteiger partial charge in [-0.1, -0.05) is 36.8 Å². The maximum absolute atomic E-state index is 12.4. The number of amides is 1. The Hall–Kier alpha value is -2.16. The molecule has 26 heavy (non-hydrogen) atoms. The molecule has 1 aromatic heterocycles. The van der Waals surface area contributed by atoms with E-state index in [4.69, 9.17) is 0 Å². The number of rotatable bonds is 6. The zero-order valence-electron chi connectivity index (χ0n) is 15.3. The Labute approximate surface area is 159 Å². The lowest BCUT2D eigenvalue weighted by Crippen LogP contribution is -2.24. The van der Waals surface area contributed by atoms with Crippen molar-refractivity contribution in [3.63, 3.8) is 0 Å². The van der Waals surface area contributed by atoms with Crippen LogP contribution in [0, 0.1) is 11.3 Å². The highest BCUT2D eigenvalue weighted by Gasteiger charge is 2.20. The molecule has 1 aliphatic rings. The monoisotopic (exact) mass is 367 g/mol. The van der Waals surface area contributed by atoms with E-state index in [-0.39, 0.29) is 5.91 Å². The van der Waals surface area contributed by atoms with Gasteiger partial charge in [0.2, 0.25) is 5.91 Å². The molecule has 1 N–H and O–H groups in total. The van der Waals surface area contributed by atoms with Crippen LogP contribution < -0.4 is 5.32 Å². The molecular formula is C21H25N3OS. The first-order valence-corrected chi connectivity index (χ1v) is 10.1. The van der Waals surface area contributed by atoms with E-state index in [0.717, 1.165) is 30.8 Å². The van der Waals surface area contributed by atoms with Gasteiger partial charge in [0, 0.05) is 24.4 Å². The minimum Gasteiger partial charge on any atom is -0.317 e. The highest BCUT2D eigenvalue weighted by Crippen LogP contribution is 2.37. The molecule has 0 radical (unpaired) electrons. The Morgan fingerprint density at radius 1 is 1.23 bits per heavy atom. The summed E-state index contributed by atoms with van der Waals surface area (Å²) in [6, 6.07) is 12.6. The molecule has 1 aromatic carbocycles. The zero-order valence-corrected chi connectivity index (χ0v) is 16.1. The summed E-state index contributed by atoms with van der Waals surface area (Å²) in [6.45, 7) is 1.51. The molecule has 0 saturated carbocycles. The summed E-state index contributed by atoms with van der Waals surface area (Å²) in [4.78, 5) is 15.8. The first kappa shape index (κ1) is 18.6. The molecule has 0 fully saturated rings. The summed E-state index contributed by atoms with van der Waals surface area (Å²) in [7, 11) is 2.02. The molecule has 5 heteroatoms. The number of benzene rings is 1. The predicted octanol–water partition coefficient (Wildman–Crippen LogP) is 4.35. The SMILES string of the molecule is CN(CCC(=O)Nc1sc2c(c1C#N)CCCCC2)Cc1ccccc1. The molecule has 0 spiro atoms. The number of nitriles is 1. The van der Waals surface area contributed by atoms with Gasteiger partial charge in [0.15, 0.2) is 0 Å². The number of aryl methyl sites for hydroxylation is 1. The van der Waals surface area contributed by atoms with Crippen LogP contribution in [0.15, 0.2) is 30.3 Å². The minimum atomic E-state index is -0.0159.